The van der Waals surface area contributed by atoms with E-state index >= 15 is 0 Å². The molecule has 2 N–H and O–H groups in total. The van der Waals surface area contributed by atoms with Crippen LogP contribution in [0.3, 0.4) is 0 Å². The lowest BCUT2D eigenvalue weighted by Crippen LogP contribution is -2.43. The van der Waals surface area contributed by atoms with Gasteiger partial charge in [0.05, 0.1) is 6.04 Å². The summed E-state index contributed by atoms with van der Waals surface area (Å²) in [5, 5.41) is 5.73. The van der Waals surface area contributed by atoms with Crippen molar-refractivity contribution in [2.75, 3.05) is 11.4 Å². The second-order valence-electron chi connectivity index (χ2n) is 6.55. The fourth-order valence-corrected chi connectivity index (χ4v) is 2.90. The van der Waals surface area contributed by atoms with Crippen molar-refractivity contribution in [3.8, 4) is 0 Å². The van der Waals surface area contributed by atoms with E-state index in [0.717, 1.165) is 16.8 Å². The van der Waals surface area contributed by atoms with Crippen LogP contribution >= 0.6 is 0 Å². The minimum Gasteiger partial charge on any atom is -0.334 e. The van der Waals surface area contributed by atoms with Gasteiger partial charge in [0.15, 0.2) is 0 Å². The van der Waals surface area contributed by atoms with Gasteiger partial charge in [-0.05, 0) is 31.5 Å². The summed E-state index contributed by atoms with van der Waals surface area (Å²) in [6.45, 7) is 5.01. The highest BCUT2D eigenvalue weighted by Crippen LogP contribution is 2.21. The van der Waals surface area contributed by atoms with E-state index in [1.165, 1.54) is 5.56 Å². The number of nitrogens with one attached hydrogen (secondary N) is 2. The van der Waals surface area contributed by atoms with Gasteiger partial charge in [-0.1, -0.05) is 47.5 Å². The Hall–Kier alpha value is -2.82. The Morgan fingerprint density at radius 2 is 1.64 bits per heavy atom. The van der Waals surface area contributed by atoms with Crippen LogP contribution in [0.1, 0.15) is 23.1 Å². The van der Waals surface area contributed by atoms with Crippen molar-refractivity contribution in [3.05, 3.63) is 65.2 Å². The van der Waals surface area contributed by atoms with Gasteiger partial charge < -0.3 is 15.5 Å². The Morgan fingerprint density at radius 3 is 2.28 bits per heavy atom. The fourth-order valence-electron chi connectivity index (χ4n) is 2.90. The molecule has 1 saturated heterocycles. The number of benzene rings is 2. The molecule has 1 aliphatic heterocycles. The predicted octanol–water partition coefficient (Wildman–Crippen LogP) is 2.91. The molecule has 1 atom stereocenters. The molecule has 1 fully saturated rings. The number of amides is 3. The molecule has 0 bridgehead atoms. The highest BCUT2D eigenvalue weighted by molar-refractivity contribution is 5.96. The maximum atomic E-state index is 12.2. The van der Waals surface area contributed by atoms with E-state index in [4.69, 9.17) is 0 Å². The number of urea groups is 1. The Kier molecular flexibility index (Phi) is 5.03. The van der Waals surface area contributed by atoms with Crippen LogP contribution in [-0.4, -0.2) is 24.5 Å². The monoisotopic (exact) mass is 337 g/mol. The molecule has 0 spiro atoms. The van der Waals surface area contributed by atoms with E-state index in [-0.39, 0.29) is 18.0 Å². The first-order valence-electron chi connectivity index (χ1n) is 8.48. The Labute approximate surface area is 148 Å². The zero-order chi connectivity index (χ0) is 17.8. The maximum absolute atomic E-state index is 12.2. The van der Waals surface area contributed by atoms with Crippen LogP contribution in [-0.2, 0) is 11.3 Å². The number of carbonyl (C=O) groups is 2. The molecule has 0 unspecified atom stereocenters. The van der Waals surface area contributed by atoms with E-state index < -0.39 is 0 Å². The van der Waals surface area contributed by atoms with Crippen molar-refractivity contribution < 1.29 is 9.59 Å². The molecule has 25 heavy (non-hydrogen) atoms. The van der Waals surface area contributed by atoms with Gasteiger partial charge in [-0.3, -0.25) is 4.79 Å². The zero-order valence-corrected chi connectivity index (χ0v) is 14.6. The molecule has 2 aromatic carbocycles. The Balaban J connectivity index is 1.51. The number of rotatable bonds is 4. The van der Waals surface area contributed by atoms with Gasteiger partial charge in [0.2, 0.25) is 5.91 Å². The first kappa shape index (κ1) is 17.0. The minimum atomic E-state index is -0.246. The average molecular weight is 337 g/mol. The summed E-state index contributed by atoms with van der Waals surface area (Å²) in [5.74, 6) is 0.0349. The van der Waals surface area contributed by atoms with Crippen LogP contribution < -0.4 is 15.5 Å². The third-order valence-electron chi connectivity index (χ3n) is 4.38. The van der Waals surface area contributed by atoms with Crippen LogP contribution in [0.4, 0.5) is 10.5 Å². The molecule has 2 aromatic rings. The van der Waals surface area contributed by atoms with Crippen LogP contribution in [0.2, 0.25) is 0 Å². The number of hydrogen-bond acceptors (Lipinski definition) is 2. The van der Waals surface area contributed by atoms with Gasteiger partial charge in [0.25, 0.3) is 0 Å². The standard InChI is InChI=1S/C20H23N3O2/c1-14-3-7-16(8-4-14)12-21-20(25)22-17-11-19(24)23(13-17)18-9-5-15(2)6-10-18/h3-10,17H,11-13H2,1-2H3,(H2,21,22,25)/t17-/m1/s1. The van der Waals surface area contributed by atoms with Gasteiger partial charge >= 0.3 is 6.03 Å². The van der Waals surface area contributed by atoms with Gasteiger partial charge in [0, 0.05) is 25.2 Å². The van der Waals surface area contributed by atoms with Crippen molar-refractivity contribution in [1.82, 2.24) is 10.6 Å². The van der Waals surface area contributed by atoms with Gasteiger partial charge in [0.1, 0.15) is 0 Å². The normalized spacial score (nSPS) is 16.8. The molecule has 0 aliphatic carbocycles. The van der Waals surface area contributed by atoms with Crippen molar-refractivity contribution in [3.63, 3.8) is 0 Å². The zero-order valence-electron chi connectivity index (χ0n) is 14.6. The number of aryl methyl sites for hydroxylation is 2. The van der Waals surface area contributed by atoms with Crippen LogP contribution in [0.15, 0.2) is 48.5 Å². The lowest BCUT2D eigenvalue weighted by Gasteiger charge is -2.17. The second-order valence-corrected chi connectivity index (χ2v) is 6.55. The average Bonchev–Trinajstić information content (AvgIpc) is 2.95. The quantitative estimate of drug-likeness (QED) is 0.901. The van der Waals surface area contributed by atoms with E-state index in [1.807, 2.05) is 62.4 Å². The molecular weight excluding hydrogens is 314 g/mol. The molecule has 3 amide bonds. The lowest BCUT2D eigenvalue weighted by atomic mass is 10.1. The molecule has 0 aromatic heterocycles. The van der Waals surface area contributed by atoms with Crippen LogP contribution in [0, 0.1) is 13.8 Å². The van der Waals surface area contributed by atoms with Crippen molar-refractivity contribution in [2.24, 2.45) is 0 Å². The molecule has 5 nitrogen and oxygen atoms in total. The summed E-state index contributed by atoms with van der Waals surface area (Å²) in [6.07, 6.45) is 0.325. The molecule has 130 valence electrons. The first-order valence-corrected chi connectivity index (χ1v) is 8.48. The highest BCUT2D eigenvalue weighted by Gasteiger charge is 2.31. The van der Waals surface area contributed by atoms with Gasteiger partial charge in [-0.15, -0.1) is 0 Å². The molecule has 0 saturated carbocycles. The molecule has 1 heterocycles. The van der Waals surface area contributed by atoms with Crippen LogP contribution in [0.25, 0.3) is 0 Å². The van der Waals surface area contributed by atoms with E-state index in [9.17, 15) is 9.59 Å². The largest absolute Gasteiger partial charge is 0.334 e. The SMILES string of the molecule is Cc1ccc(CNC(=O)N[C@@H]2CC(=O)N(c3ccc(C)cc3)C2)cc1. The Bertz CT molecular complexity index is 754. The van der Waals surface area contributed by atoms with Crippen molar-refractivity contribution in [1.29, 1.82) is 0 Å². The highest BCUT2D eigenvalue weighted by atomic mass is 16.2. The molecule has 3 rings (SSSR count). The minimum absolute atomic E-state index is 0.0349. The summed E-state index contributed by atoms with van der Waals surface area (Å²) in [4.78, 5) is 26.0. The van der Waals surface area contributed by atoms with Gasteiger partial charge in [-0.25, -0.2) is 4.79 Å². The lowest BCUT2D eigenvalue weighted by molar-refractivity contribution is -0.117. The molecular formula is C20H23N3O2. The van der Waals surface area contributed by atoms with Crippen LogP contribution in [0.5, 0.6) is 0 Å². The van der Waals surface area contributed by atoms with E-state index in [0.29, 0.717) is 19.5 Å². The number of anilines is 1. The Morgan fingerprint density at radius 1 is 1.04 bits per heavy atom. The number of hydrogen-bond donors (Lipinski definition) is 2. The summed E-state index contributed by atoms with van der Waals surface area (Å²) < 4.78 is 0. The third-order valence-corrected chi connectivity index (χ3v) is 4.38. The summed E-state index contributed by atoms with van der Waals surface area (Å²) in [7, 11) is 0. The molecule has 1 aliphatic rings. The molecule has 5 heteroatoms. The topological polar surface area (TPSA) is 61.4 Å². The second kappa shape index (κ2) is 7.38. The molecule has 0 radical (unpaired) electrons. The van der Waals surface area contributed by atoms with Gasteiger partial charge in [-0.2, -0.15) is 0 Å². The predicted molar refractivity (Wildman–Crippen MR) is 98.5 cm³/mol. The smallest absolute Gasteiger partial charge is 0.315 e. The maximum Gasteiger partial charge on any atom is 0.315 e. The van der Waals surface area contributed by atoms with E-state index in [2.05, 4.69) is 10.6 Å². The fraction of sp³-hybridized carbons (Fsp3) is 0.300. The van der Waals surface area contributed by atoms with E-state index in [1.54, 1.807) is 4.90 Å². The number of carbonyl (C=O) groups excluding carboxylic acids is 2. The van der Waals surface area contributed by atoms with Crippen molar-refractivity contribution in [2.45, 2.75) is 32.9 Å². The van der Waals surface area contributed by atoms with Crippen molar-refractivity contribution >= 4 is 17.6 Å². The summed E-state index contributed by atoms with van der Waals surface area (Å²) in [5.41, 5.74) is 4.26. The first-order chi connectivity index (χ1) is 12.0. The summed E-state index contributed by atoms with van der Waals surface area (Å²) >= 11 is 0. The summed E-state index contributed by atoms with van der Waals surface area (Å²) in [6, 6.07) is 15.4. The third kappa shape index (κ3) is 4.38. The number of nitrogens with zero attached hydrogens (tertiary/aromatic N) is 1.